The molecule has 86 valence electrons. The van der Waals surface area contributed by atoms with Gasteiger partial charge in [-0.2, -0.15) is 4.73 Å². The first-order valence-electron chi connectivity index (χ1n) is 4.62. The van der Waals surface area contributed by atoms with Crippen molar-refractivity contribution in [1.29, 1.82) is 0 Å². The number of hydrogen-bond donors (Lipinski definition) is 0. The van der Waals surface area contributed by atoms with Crippen molar-refractivity contribution in [3.05, 3.63) is 58.2 Å². The summed E-state index contributed by atoms with van der Waals surface area (Å²) < 4.78 is 5.82. The van der Waals surface area contributed by atoms with Gasteiger partial charge in [-0.3, -0.25) is 10.1 Å². The molecule has 0 fully saturated rings. The summed E-state index contributed by atoms with van der Waals surface area (Å²) in [5.41, 5.74) is -0.121. The summed E-state index contributed by atoms with van der Waals surface area (Å²) in [5.74, 6) is 0.491. The molecule has 2 aromatic heterocycles. The van der Waals surface area contributed by atoms with Crippen LogP contribution in [-0.2, 0) is 0 Å². The van der Waals surface area contributed by atoms with Gasteiger partial charge in [-0.15, -0.1) is 0 Å². The smallest absolute Gasteiger partial charge is 0.287 e. The first-order valence-corrected chi connectivity index (χ1v) is 4.62. The van der Waals surface area contributed by atoms with E-state index in [0.717, 1.165) is 6.20 Å². The number of rotatable bonds is 3. The summed E-state index contributed by atoms with van der Waals surface area (Å²) >= 11 is 0. The molecule has 0 aliphatic heterocycles. The maximum Gasteiger partial charge on any atom is 0.287 e. The van der Waals surface area contributed by atoms with Crippen molar-refractivity contribution >= 4 is 5.69 Å². The normalized spacial score (nSPS) is 9.88. The van der Waals surface area contributed by atoms with Crippen molar-refractivity contribution in [2.24, 2.45) is 0 Å². The fraction of sp³-hybridized carbons (Fsp3) is 0. The van der Waals surface area contributed by atoms with Gasteiger partial charge in [0.05, 0.1) is 4.92 Å². The van der Waals surface area contributed by atoms with Gasteiger partial charge < -0.3 is 9.94 Å². The zero-order valence-electron chi connectivity index (χ0n) is 8.52. The third kappa shape index (κ3) is 2.65. The molecule has 2 aromatic rings. The number of nitro groups is 1. The molecule has 0 saturated carbocycles. The SMILES string of the molecule is O=[N+]([O-])c1ccc(Oc2ccc[n+]([O-])c2)nc1. The van der Waals surface area contributed by atoms with Gasteiger partial charge in [0, 0.05) is 18.2 Å². The minimum atomic E-state index is -0.551. The molecule has 0 spiro atoms. The van der Waals surface area contributed by atoms with E-state index in [2.05, 4.69) is 4.98 Å². The second kappa shape index (κ2) is 4.44. The predicted molar refractivity (Wildman–Crippen MR) is 56.4 cm³/mol. The molecule has 17 heavy (non-hydrogen) atoms. The highest BCUT2D eigenvalue weighted by Gasteiger charge is 2.07. The Bertz CT molecular complexity index is 542. The highest BCUT2D eigenvalue weighted by atomic mass is 16.6. The lowest BCUT2D eigenvalue weighted by molar-refractivity contribution is -0.605. The summed E-state index contributed by atoms with van der Waals surface area (Å²) in [4.78, 5) is 13.6. The fourth-order valence-electron chi connectivity index (χ4n) is 1.16. The molecule has 0 saturated heterocycles. The predicted octanol–water partition coefficient (Wildman–Crippen LogP) is 1.42. The summed E-state index contributed by atoms with van der Waals surface area (Å²) in [7, 11) is 0. The Morgan fingerprint density at radius 3 is 2.76 bits per heavy atom. The van der Waals surface area contributed by atoms with Crippen LogP contribution in [-0.4, -0.2) is 9.91 Å². The van der Waals surface area contributed by atoms with Crippen LogP contribution < -0.4 is 9.47 Å². The van der Waals surface area contributed by atoms with Crippen LogP contribution in [0.4, 0.5) is 5.69 Å². The minimum absolute atomic E-state index is 0.121. The van der Waals surface area contributed by atoms with Gasteiger partial charge in [-0.05, 0) is 6.07 Å². The second-order valence-corrected chi connectivity index (χ2v) is 3.11. The third-order valence-electron chi connectivity index (χ3n) is 1.90. The van der Waals surface area contributed by atoms with Gasteiger partial charge in [-0.1, -0.05) is 0 Å². The van der Waals surface area contributed by atoms with Crippen LogP contribution in [0.15, 0.2) is 42.9 Å². The molecule has 0 unspecified atom stereocenters. The van der Waals surface area contributed by atoms with Crippen LogP contribution in [0.1, 0.15) is 0 Å². The molecular weight excluding hydrogens is 226 g/mol. The summed E-state index contributed by atoms with van der Waals surface area (Å²) in [5, 5.41) is 21.3. The maximum absolute atomic E-state index is 11.0. The largest absolute Gasteiger partial charge is 0.619 e. The summed E-state index contributed by atoms with van der Waals surface area (Å²) in [6.45, 7) is 0. The molecule has 7 heteroatoms. The van der Waals surface area contributed by atoms with Gasteiger partial charge in [0.15, 0.2) is 11.9 Å². The highest BCUT2D eigenvalue weighted by molar-refractivity contribution is 5.31. The van der Waals surface area contributed by atoms with Gasteiger partial charge in [0.1, 0.15) is 6.20 Å². The Hall–Kier alpha value is -2.70. The molecule has 0 N–H and O–H groups in total. The second-order valence-electron chi connectivity index (χ2n) is 3.11. The minimum Gasteiger partial charge on any atom is -0.619 e. The van der Waals surface area contributed by atoms with E-state index < -0.39 is 4.92 Å². The molecule has 0 aromatic carbocycles. The molecule has 0 bridgehead atoms. The lowest BCUT2D eigenvalue weighted by atomic mass is 10.4. The van der Waals surface area contributed by atoms with Crippen molar-refractivity contribution in [3.63, 3.8) is 0 Å². The number of ether oxygens (including phenoxy) is 1. The Morgan fingerprint density at radius 1 is 1.35 bits per heavy atom. The van der Waals surface area contributed by atoms with E-state index in [4.69, 9.17) is 4.74 Å². The fourth-order valence-corrected chi connectivity index (χ4v) is 1.16. The van der Waals surface area contributed by atoms with Crippen LogP contribution in [0.2, 0.25) is 0 Å². The quantitative estimate of drug-likeness (QED) is 0.346. The average molecular weight is 233 g/mol. The van der Waals surface area contributed by atoms with E-state index in [1.807, 2.05) is 0 Å². The van der Waals surface area contributed by atoms with E-state index in [1.165, 1.54) is 30.6 Å². The van der Waals surface area contributed by atoms with Gasteiger partial charge in [0.2, 0.25) is 12.1 Å². The Morgan fingerprint density at radius 2 is 2.18 bits per heavy atom. The average Bonchev–Trinajstić information content (AvgIpc) is 2.29. The van der Waals surface area contributed by atoms with Crippen LogP contribution >= 0.6 is 0 Å². The molecule has 0 radical (unpaired) electrons. The van der Waals surface area contributed by atoms with Gasteiger partial charge >= 0.3 is 0 Å². The Kier molecular flexibility index (Phi) is 2.82. The first kappa shape index (κ1) is 10.8. The van der Waals surface area contributed by atoms with E-state index in [9.17, 15) is 15.3 Å². The Balaban J connectivity index is 2.16. The number of nitrogens with zero attached hydrogens (tertiary/aromatic N) is 3. The standard InChI is InChI=1S/C10H7N3O4/c14-12-5-1-2-9(7-12)17-10-4-3-8(6-11-10)13(15)16/h1-7H. The Labute approximate surface area is 95.7 Å². The molecule has 2 heterocycles. The first-order chi connectivity index (χ1) is 8.15. The number of hydrogen-bond acceptors (Lipinski definition) is 5. The third-order valence-corrected chi connectivity index (χ3v) is 1.90. The van der Waals surface area contributed by atoms with Crippen LogP contribution in [0.5, 0.6) is 11.6 Å². The lowest BCUT2D eigenvalue weighted by Crippen LogP contribution is -2.23. The molecule has 0 atom stereocenters. The van der Waals surface area contributed by atoms with Crippen LogP contribution in [0, 0.1) is 15.3 Å². The summed E-state index contributed by atoms with van der Waals surface area (Å²) in [6, 6.07) is 5.74. The van der Waals surface area contributed by atoms with E-state index in [-0.39, 0.29) is 11.6 Å². The topological polar surface area (TPSA) is 92.2 Å². The van der Waals surface area contributed by atoms with Crippen LogP contribution in [0.25, 0.3) is 0 Å². The van der Waals surface area contributed by atoms with Crippen molar-refractivity contribution in [2.75, 3.05) is 0 Å². The molecule has 7 nitrogen and oxygen atoms in total. The number of pyridine rings is 2. The van der Waals surface area contributed by atoms with E-state index >= 15 is 0 Å². The van der Waals surface area contributed by atoms with E-state index in [1.54, 1.807) is 6.07 Å². The zero-order valence-corrected chi connectivity index (χ0v) is 8.52. The molecule has 2 rings (SSSR count). The summed E-state index contributed by atoms with van der Waals surface area (Å²) in [6.07, 6.45) is 3.63. The zero-order chi connectivity index (χ0) is 12.3. The highest BCUT2D eigenvalue weighted by Crippen LogP contribution is 2.19. The van der Waals surface area contributed by atoms with Crippen molar-refractivity contribution in [1.82, 2.24) is 4.98 Å². The molecular formula is C10H7N3O4. The molecule has 0 amide bonds. The van der Waals surface area contributed by atoms with Gasteiger partial charge in [-0.25, -0.2) is 4.98 Å². The van der Waals surface area contributed by atoms with Crippen molar-refractivity contribution < 1.29 is 14.4 Å². The monoisotopic (exact) mass is 233 g/mol. The molecule has 0 aliphatic carbocycles. The molecule has 0 aliphatic rings. The maximum atomic E-state index is 11.0. The van der Waals surface area contributed by atoms with Gasteiger partial charge in [0.25, 0.3) is 5.69 Å². The van der Waals surface area contributed by atoms with Crippen LogP contribution in [0.3, 0.4) is 0 Å². The van der Waals surface area contributed by atoms with E-state index in [0.29, 0.717) is 10.5 Å². The lowest BCUT2D eigenvalue weighted by Gasteiger charge is -2.03. The van der Waals surface area contributed by atoms with Crippen molar-refractivity contribution in [2.45, 2.75) is 0 Å². The van der Waals surface area contributed by atoms with Crippen molar-refractivity contribution in [3.8, 4) is 11.6 Å². The number of aromatic nitrogens is 2.